The molecule has 3 rings (SSSR count). The lowest BCUT2D eigenvalue weighted by molar-refractivity contribution is -0.141. The summed E-state index contributed by atoms with van der Waals surface area (Å²) in [4.78, 5) is 27.3. The number of carbonyl (C=O) groups is 2. The van der Waals surface area contributed by atoms with Gasteiger partial charge in [-0.3, -0.25) is 9.69 Å². The van der Waals surface area contributed by atoms with Crippen LogP contribution in [0.3, 0.4) is 0 Å². The maximum atomic E-state index is 13.8. The fourth-order valence-corrected chi connectivity index (χ4v) is 4.81. The number of aryl methyl sites for hydroxylation is 1. The molecule has 1 aliphatic carbocycles. The van der Waals surface area contributed by atoms with E-state index in [0.717, 1.165) is 29.7 Å². The molecule has 1 aliphatic heterocycles. The second-order valence-corrected chi connectivity index (χ2v) is 9.41. The van der Waals surface area contributed by atoms with Crippen LogP contribution in [0.4, 0.5) is 0 Å². The van der Waals surface area contributed by atoms with Crippen LogP contribution < -0.4 is 5.32 Å². The monoisotopic (exact) mass is 482 g/mol. The van der Waals surface area contributed by atoms with E-state index in [1.54, 1.807) is 18.2 Å². The Hall–Kier alpha value is -2.90. The number of nitrogens with one attached hydrogen (secondary N) is 1. The van der Waals surface area contributed by atoms with Gasteiger partial charge in [0.1, 0.15) is 12.1 Å². The number of carboxylic acid groups (broad SMARTS) is 1. The van der Waals surface area contributed by atoms with Crippen LogP contribution in [-0.4, -0.2) is 60.8 Å². The van der Waals surface area contributed by atoms with Gasteiger partial charge in [0, 0.05) is 26.2 Å². The molecule has 2 N–H and O–H groups in total. The molecule has 2 aliphatic rings. The van der Waals surface area contributed by atoms with Gasteiger partial charge in [-0.1, -0.05) is 30.9 Å². The molecule has 0 aromatic heterocycles. The Balaban J connectivity index is 1.70. The molecule has 35 heavy (non-hydrogen) atoms. The van der Waals surface area contributed by atoms with E-state index in [1.807, 2.05) is 45.2 Å². The third-order valence-electron chi connectivity index (χ3n) is 7.19. The second kappa shape index (κ2) is 11.7. The fraction of sp³-hybridized carbons (Fsp3) is 0.500. The van der Waals surface area contributed by atoms with Gasteiger partial charge < -0.3 is 19.9 Å². The molecule has 0 atom stereocenters. The number of nitrogens with zero attached hydrogens (tertiary/aromatic N) is 1. The highest BCUT2D eigenvalue weighted by atomic mass is 16.5. The zero-order chi connectivity index (χ0) is 25.5. The van der Waals surface area contributed by atoms with Gasteiger partial charge in [0.25, 0.3) is 0 Å². The molecule has 0 radical (unpaired) electrons. The molecule has 1 aromatic rings. The average molecular weight is 483 g/mol. The Kier molecular flexibility index (Phi) is 8.92. The zero-order valence-corrected chi connectivity index (χ0v) is 21.1. The molecule has 1 aromatic carbocycles. The first-order chi connectivity index (χ1) is 16.8. The number of aromatic carboxylic acids is 1. The predicted molar refractivity (Wildman–Crippen MR) is 136 cm³/mol. The minimum atomic E-state index is -0.948. The molecule has 1 heterocycles. The van der Waals surface area contributed by atoms with Crippen molar-refractivity contribution < 1.29 is 24.2 Å². The van der Waals surface area contributed by atoms with E-state index in [9.17, 15) is 14.7 Å². The summed E-state index contributed by atoms with van der Waals surface area (Å²) in [5, 5.41) is 12.7. The van der Waals surface area contributed by atoms with E-state index < -0.39 is 17.0 Å². The summed E-state index contributed by atoms with van der Waals surface area (Å²) in [7, 11) is 1.98. The molecule has 0 spiro atoms. The van der Waals surface area contributed by atoms with Crippen molar-refractivity contribution in [1.82, 2.24) is 10.2 Å². The lowest BCUT2D eigenvalue weighted by atomic mass is 9.86. The summed E-state index contributed by atoms with van der Waals surface area (Å²) in [5.74, 6) is -0.0572. The number of allylic oxidation sites excluding steroid dienone is 4. The highest BCUT2D eigenvalue weighted by Crippen LogP contribution is 2.47. The third-order valence-corrected chi connectivity index (χ3v) is 7.19. The van der Waals surface area contributed by atoms with Crippen molar-refractivity contribution in [3.63, 3.8) is 0 Å². The maximum absolute atomic E-state index is 13.8. The Morgan fingerprint density at radius 1 is 1.26 bits per heavy atom. The summed E-state index contributed by atoms with van der Waals surface area (Å²) in [6.45, 7) is 9.70. The number of benzene rings is 1. The van der Waals surface area contributed by atoms with E-state index >= 15 is 0 Å². The topological polar surface area (TPSA) is 88.1 Å². The van der Waals surface area contributed by atoms with E-state index in [0.29, 0.717) is 45.6 Å². The summed E-state index contributed by atoms with van der Waals surface area (Å²) in [6, 6.07) is 5.15. The van der Waals surface area contributed by atoms with Crippen molar-refractivity contribution >= 4 is 11.9 Å². The molecular weight excluding hydrogens is 444 g/mol. The van der Waals surface area contributed by atoms with E-state index in [1.165, 1.54) is 0 Å². The molecule has 1 saturated carbocycles. The minimum absolute atomic E-state index is 0.00249. The van der Waals surface area contributed by atoms with Crippen molar-refractivity contribution in [3.8, 4) is 0 Å². The van der Waals surface area contributed by atoms with Crippen LogP contribution in [0.5, 0.6) is 0 Å². The number of carboxylic acids is 1. The molecule has 0 unspecified atom stereocenters. The average Bonchev–Trinajstić information content (AvgIpc) is 3.63. The number of amides is 1. The van der Waals surface area contributed by atoms with Crippen LogP contribution in [0.2, 0.25) is 0 Å². The fourth-order valence-electron chi connectivity index (χ4n) is 4.81. The Labute approximate surface area is 208 Å². The summed E-state index contributed by atoms with van der Waals surface area (Å²) < 4.78 is 11.6. The number of rotatable bonds is 12. The standard InChI is InChI=1S/C28H38N2O5/c1-5-7-8-9-23(6-2)35-19-16-30(4)28(14-17-34-18-15-28)26(33)29-27(12-13-27)24-11-10-22(25(31)32)20-21(24)3/h5-8,10-11,20H,1,9,12-19H2,2-4H3,(H,29,33)(H,31,32)/b8-7-,23-6+. The summed E-state index contributed by atoms with van der Waals surface area (Å²) in [6.07, 6.45) is 11.2. The molecule has 7 heteroatoms. The van der Waals surface area contributed by atoms with Gasteiger partial charge in [-0.05, 0) is 75.9 Å². The number of hydrogen-bond acceptors (Lipinski definition) is 5. The molecule has 7 nitrogen and oxygen atoms in total. The number of hydrogen-bond donors (Lipinski definition) is 2. The molecule has 2 fully saturated rings. The quantitative estimate of drug-likeness (QED) is 0.341. The van der Waals surface area contributed by atoms with Gasteiger partial charge in [-0.25, -0.2) is 4.79 Å². The maximum Gasteiger partial charge on any atom is 0.335 e. The van der Waals surface area contributed by atoms with Gasteiger partial charge in [0.2, 0.25) is 5.91 Å². The molecule has 0 bridgehead atoms. The Bertz CT molecular complexity index is 987. The third kappa shape index (κ3) is 6.21. The number of likely N-dealkylation sites (N-methyl/N-ethyl adjacent to an activating group) is 1. The second-order valence-electron chi connectivity index (χ2n) is 9.41. The van der Waals surface area contributed by atoms with E-state index in [-0.39, 0.29) is 11.5 Å². The van der Waals surface area contributed by atoms with Crippen LogP contribution in [0.15, 0.2) is 54.8 Å². The highest BCUT2D eigenvalue weighted by Gasteiger charge is 2.52. The van der Waals surface area contributed by atoms with Crippen molar-refractivity contribution in [3.05, 3.63) is 71.5 Å². The normalized spacial score (nSPS) is 18.9. The van der Waals surface area contributed by atoms with Crippen LogP contribution >= 0.6 is 0 Å². The van der Waals surface area contributed by atoms with Crippen LogP contribution in [0.25, 0.3) is 0 Å². The van der Waals surface area contributed by atoms with Gasteiger partial charge in [0.05, 0.1) is 16.9 Å². The lowest BCUT2D eigenvalue weighted by Gasteiger charge is -2.44. The first-order valence-electron chi connectivity index (χ1n) is 12.3. The molecular formula is C28H38N2O5. The van der Waals surface area contributed by atoms with Gasteiger partial charge >= 0.3 is 5.97 Å². The first kappa shape index (κ1) is 26.7. The number of carbonyl (C=O) groups excluding carboxylic acids is 1. The molecule has 1 amide bonds. The van der Waals surface area contributed by atoms with Crippen molar-refractivity contribution in [2.45, 2.75) is 57.0 Å². The van der Waals surface area contributed by atoms with Crippen molar-refractivity contribution in [1.29, 1.82) is 0 Å². The van der Waals surface area contributed by atoms with Crippen molar-refractivity contribution in [2.75, 3.05) is 33.4 Å². The first-order valence-corrected chi connectivity index (χ1v) is 12.3. The van der Waals surface area contributed by atoms with Crippen LogP contribution in [-0.2, 0) is 19.8 Å². The Morgan fingerprint density at radius 2 is 1.97 bits per heavy atom. The largest absolute Gasteiger partial charge is 0.497 e. The van der Waals surface area contributed by atoms with E-state index in [4.69, 9.17) is 9.47 Å². The summed E-state index contributed by atoms with van der Waals surface area (Å²) in [5.41, 5.74) is 1.03. The Morgan fingerprint density at radius 3 is 2.54 bits per heavy atom. The highest BCUT2D eigenvalue weighted by molar-refractivity contribution is 5.89. The predicted octanol–water partition coefficient (Wildman–Crippen LogP) is 4.33. The number of ether oxygens (including phenoxy) is 2. The minimum Gasteiger partial charge on any atom is -0.497 e. The van der Waals surface area contributed by atoms with Gasteiger partial charge in [0.15, 0.2) is 0 Å². The van der Waals surface area contributed by atoms with Gasteiger partial charge in [-0.2, -0.15) is 0 Å². The lowest BCUT2D eigenvalue weighted by Crippen LogP contribution is -2.62. The zero-order valence-electron chi connectivity index (χ0n) is 21.1. The van der Waals surface area contributed by atoms with Crippen LogP contribution in [0.1, 0.15) is 60.5 Å². The van der Waals surface area contributed by atoms with Crippen molar-refractivity contribution in [2.24, 2.45) is 0 Å². The molecule has 190 valence electrons. The van der Waals surface area contributed by atoms with Gasteiger partial charge in [-0.15, -0.1) is 0 Å². The molecule has 1 saturated heterocycles. The van der Waals surface area contributed by atoms with Crippen LogP contribution in [0, 0.1) is 6.92 Å². The SMILES string of the molecule is C=C/C=C\C/C(=C\C)OCCN(C)C1(C(=O)NC2(c3ccc(C(=O)O)cc3C)CC2)CCOCC1. The summed E-state index contributed by atoms with van der Waals surface area (Å²) >= 11 is 0. The van der Waals surface area contributed by atoms with E-state index in [2.05, 4.69) is 16.8 Å². The smallest absolute Gasteiger partial charge is 0.335 e.